The summed E-state index contributed by atoms with van der Waals surface area (Å²) < 4.78 is 10.9. The zero-order valence-corrected chi connectivity index (χ0v) is 17.4. The van der Waals surface area contributed by atoms with Crippen molar-refractivity contribution >= 4 is 29.7 Å². The molecule has 1 amide bonds. The minimum atomic E-state index is -0.0805. The molecule has 2 aromatic rings. The summed E-state index contributed by atoms with van der Waals surface area (Å²) in [5, 5.41) is 6.49. The smallest absolute Gasteiger partial charge is 0.265 e. The highest BCUT2D eigenvalue weighted by atomic mass is 35.5. The van der Waals surface area contributed by atoms with E-state index in [1.165, 1.54) is 11.3 Å². The number of hydrogen-bond donors (Lipinski definition) is 2. The molecule has 3 rings (SSSR count). The summed E-state index contributed by atoms with van der Waals surface area (Å²) in [5.41, 5.74) is 1.09. The highest BCUT2D eigenvalue weighted by molar-refractivity contribution is 7.17. The highest BCUT2D eigenvalue weighted by Gasteiger charge is 2.33. The fourth-order valence-corrected chi connectivity index (χ4v) is 4.46. The summed E-state index contributed by atoms with van der Waals surface area (Å²) in [6, 6.07) is 12.0. The second-order valence-electron chi connectivity index (χ2n) is 6.74. The second-order valence-corrected chi connectivity index (χ2v) is 7.79. The predicted molar refractivity (Wildman–Crippen MR) is 112 cm³/mol. The van der Waals surface area contributed by atoms with Crippen molar-refractivity contribution in [3.05, 3.63) is 41.3 Å². The first-order chi connectivity index (χ1) is 12.7. The van der Waals surface area contributed by atoms with Crippen LogP contribution in [-0.2, 0) is 4.74 Å². The number of benzene rings is 1. The Balaban J connectivity index is 0.00000261. The van der Waals surface area contributed by atoms with Gasteiger partial charge in [-0.15, -0.1) is 23.7 Å². The number of rotatable bonds is 7. The molecule has 1 aliphatic rings. The lowest BCUT2D eigenvalue weighted by Gasteiger charge is -2.37. The molecule has 1 aromatic heterocycles. The molecule has 1 fully saturated rings. The van der Waals surface area contributed by atoms with Crippen LogP contribution in [-0.4, -0.2) is 46.4 Å². The van der Waals surface area contributed by atoms with Gasteiger partial charge in [0.2, 0.25) is 0 Å². The molecule has 0 aliphatic carbocycles. The summed E-state index contributed by atoms with van der Waals surface area (Å²) in [5.74, 6) is 0.542. The largest absolute Gasteiger partial charge is 0.495 e. The standard InChI is InChI=1S/C20H26N2O3S.ClH/c1-24-14-20(8-10-21-11-9-20)13-22-19(23)18-16(25-2)12-17(26-18)15-6-4-3-5-7-15;/h3-7,12,21H,8-11,13-14H2,1-2H3,(H,22,23);1H. The van der Waals surface area contributed by atoms with Crippen molar-refractivity contribution in [2.75, 3.05) is 40.5 Å². The molecule has 27 heavy (non-hydrogen) atoms. The molecule has 7 heteroatoms. The number of carbonyl (C=O) groups excluding carboxylic acids is 1. The molecule has 148 valence electrons. The van der Waals surface area contributed by atoms with Gasteiger partial charge >= 0.3 is 0 Å². The van der Waals surface area contributed by atoms with E-state index in [0.717, 1.165) is 36.4 Å². The maximum absolute atomic E-state index is 12.8. The van der Waals surface area contributed by atoms with Gasteiger partial charge in [0, 0.05) is 23.9 Å². The maximum atomic E-state index is 12.8. The molecule has 1 saturated heterocycles. The van der Waals surface area contributed by atoms with E-state index in [-0.39, 0.29) is 23.7 Å². The third-order valence-electron chi connectivity index (χ3n) is 4.92. The first kappa shape index (κ1) is 21.7. The lowest BCUT2D eigenvalue weighted by atomic mass is 9.79. The van der Waals surface area contributed by atoms with Crippen molar-refractivity contribution in [1.82, 2.24) is 10.6 Å². The molecule has 0 spiro atoms. The minimum absolute atomic E-state index is 0. The molecule has 0 bridgehead atoms. The van der Waals surface area contributed by atoms with Crippen molar-refractivity contribution < 1.29 is 14.3 Å². The van der Waals surface area contributed by atoms with Crippen LogP contribution in [0.1, 0.15) is 22.5 Å². The van der Waals surface area contributed by atoms with E-state index < -0.39 is 0 Å². The number of piperidine rings is 1. The second kappa shape index (κ2) is 10.1. The van der Waals surface area contributed by atoms with Gasteiger partial charge in [-0.25, -0.2) is 0 Å². The fourth-order valence-electron chi connectivity index (χ4n) is 3.41. The number of amides is 1. The van der Waals surface area contributed by atoms with E-state index in [1.54, 1.807) is 14.2 Å². The van der Waals surface area contributed by atoms with Gasteiger partial charge in [0.1, 0.15) is 10.6 Å². The van der Waals surface area contributed by atoms with Crippen LogP contribution >= 0.6 is 23.7 Å². The topological polar surface area (TPSA) is 59.6 Å². The van der Waals surface area contributed by atoms with Crippen molar-refractivity contribution in [2.45, 2.75) is 12.8 Å². The van der Waals surface area contributed by atoms with Crippen LogP contribution in [0.3, 0.4) is 0 Å². The Morgan fingerprint density at radius 3 is 2.56 bits per heavy atom. The van der Waals surface area contributed by atoms with E-state index in [2.05, 4.69) is 10.6 Å². The van der Waals surface area contributed by atoms with Gasteiger partial charge in [0.15, 0.2) is 0 Å². The summed E-state index contributed by atoms with van der Waals surface area (Å²) in [4.78, 5) is 14.5. The van der Waals surface area contributed by atoms with Crippen LogP contribution in [0, 0.1) is 5.41 Å². The number of halogens is 1. The lowest BCUT2D eigenvalue weighted by molar-refractivity contribution is 0.0512. The molecule has 0 atom stereocenters. The first-order valence-electron chi connectivity index (χ1n) is 8.88. The third-order valence-corrected chi connectivity index (χ3v) is 6.09. The number of hydrogen-bond acceptors (Lipinski definition) is 5. The van der Waals surface area contributed by atoms with Gasteiger partial charge in [-0.1, -0.05) is 30.3 Å². The minimum Gasteiger partial charge on any atom is -0.495 e. The zero-order chi connectivity index (χ0) is 18.4. The first-order valence-corrected chi connectivity index (χ1v) is 9.70. The van der Waals surface area contributed by atoms with Gasteiger partial charge in [-0.2, -0.15) is 0 Å². The van der Waals surface area contributed by atoms with Crippen molar-refractivity contribution in [2.24, 2.45) is 5.41 Å². The summed E-state index contributed by atoms with van der Waals surface area (Å²) in [6.45, 7) is 3.19. The van der Waals surface area contributed by atoms with E-state index in [4.69, 9.17) is 9.47 Å². The SMILES string of the molecule is COCC1(CNC(=O)c2sc(-c3ccccc3)cc2OC)CCNCC1.Cl. The molecule has 0 unspecified atom stereocenters. The Bertz CT molecular complexity index is 725. The van der Waals surface area contributed by atoms with Gasteiger partial charge in [-0.05, 0) is 37.6 Å². The zero-order valence-electron chi connectivity index (χ0n) is 15.7. The average Bonchev–Trinajstić information content (AvgIpc) is 3.12. The van der Waals surface area contributed by atoms with Crippen LogP contribution in [0.2, 0.25) is 0 Å². The quantitative estimate of drug-likeness (QED) is 0.732. The molecule has 2 N–H and O–H groups in total. The Labute approximate surface area is 170 Å². The normalized spacial score (nSPS) is 15.6. The number of methoxy groups -OCH3 is 2. The van der Waals surface area contributed by atoms with Gasteiger partial charge in [0.25, 0.3) is 5.91 Å². The van der Waals surface area contributed by atoms with E-state index >= 15 is 0 Å². The average molecular weight is 411 g/mol. The molecule has 2 heterocycles. The number of ether oxygens (including phenoxy) is 2. The molecule has 1 aliphatic heterocycles. The van der Waals surface area contributed by atoms with Gasteiger partial charge in [0.05, 0.1) is 13.7 Å². The number of thiophene rings is 1. The van der Waals surface area contributed by atoms with Crippen molar-refractivity contribution in [1.29, 1.82) is 0 Å². The molecule has 0 saturated carbocycles. The fraction of sp³-hybridized carbons (Fsp3) is 0.450. The molecule has 1 aromatic carbocycles. The van der Waals surface area contributed by atoms with Crippen molar-refractivity contribution in [3.63, 3.8) is 0 Å². The Morgan fingerprint density at radius 2 is 1.93 bits per heavy atom. The molecule has 5 nitrogen and oxygen atoms in total. The maximum Gasteiger partial charge on any atom is 0.265 e. The molecular weight excluding hydrogens is 384 g/mol. The third kappa shape index (κ3) is 5.23. The number of carbonyl (C=O) groups is 1. The van der Waals surface area contributed by atoms with E-state index in [0.29, 0.717) is 23.8 Å². The summed E-state index contributed by atoms with van der Waals surface area (Å²) in [7, 11) is 3.33. The predicted octanol–water partition coefficient (Wildman–Crippen LogP) is 3.59. The van der Waals surface area contributed by atoms with Gasteiger partial charge in [-0.3, -0.25) is 4.79 Å². The molecule has 0 radical (unpaired) electrons. The molecular formula is C20H27ClN2O3S. The van der Waals surface area contributed by atoms with Crippen molar-refractivity contribution in [3.8, 4) is 16.2 Å². The summed E-state index contributed by atoms with van der Waals surface area (Å²) in [6.07, 6.45) is 2.00. The summed E-state index contributed by atoms with van der Waals surface area (Å²) >= 11 is 1.46. The van der Waals surface area contributed by atoms with Crippen LogP contribution in [0.5, 0.6) is 5.75 Å². The van der Waals surface area contributed by atoms with Crippen LogP contribution in [0.25, 0.3) is 10.4 Å². The van der Waals surface area contributed by atoms with E-state index in [9.17, 15) is 4.79 Å². The number of nitrogens with one attached hydrogen (secondary N) is 2. The van der Waals surface area contributed by atoms with E-state index in [1.807, 2.05) is 36.4 Å². The van der Waals surface area contributed by atoms with Crippen LogP contribution < -0.4 is 15.4 Å². The lowest BCUT2D eigenvalue weighted by Crippen LogP contribution is -2.47. The Kier molecular flexibility index (Phi) is 8.10. The van der Waals surface area contributed by atoms with Crippen LogP contribution in [0.15, 0.2) is 36.4 Å². The van der Waals surface area contributed by atoms with Gasteiger partial charge < -0.3 is 20.1 Å². The Hall–Kier alpha value is -1.60. The van der Waals surface area contributed by atoms with Crippen LogP contribution in [0.4, 0.5) is 0 Å². The monoisotopic (exact) mass is 410 g/mol. The Morgan fingerprint density at radius 1 is 1.22 bits per heavy atom. The highest BCUT2D eigenvalue weighted by Crippen LogP contribution is 2.36.